The first-order valence-electron chi connectivity index (χ1n) is 9.95. The lowest BCUT2D eigenvalue weighted by atomic mass is 10.2. The number of hydrogen-bond acceptors (Lipinski definition) is 9. The number of hydrazine groups is 1. The molecule has 1 aromatic carbocycles. The van der Waals surface area contributed by atoms with E-state index in [1.54, 1.807) is 42.7 Å². The van der Waals surface area contributed by atoms with Crippen molar-refractivity contribution in [3.63, 3.8) is 0 Å². The molecular weight excluding hydrogens is 510 g/mol. The fraction of sp³-hybridized carbons (Fsp3) is 0.0455. The molecule has 4 aromatic rings. The number of benzene rings is 1. The van der Waals surface area contributed by atoms with E-state index in [1.807, 2.05) is 6.07 Å². The van der Waals surface area contributed by atoms with Crippen molar-refractivity contribution in [2.45, 2.75) is 11.5 Å². The summed E-state index contributed by atoms with van der Waals surface area (Å²) < 4.78 is 34.0. The molecule has 0 amide bonds. The summed E-state index contributed by atoms with van der Waals surface area (Å²) >= 11 is 0. The molecule has 0 saturated heterocycles. The van der Waals surface area contributed by atoms with Gasteiger partial charge in [-0.05, 0) is 36.4 Å². The molecule has 4 rings (SSSR count). The number of non-ortho nitro benzene ring substituents is 1. The Hall–Kier alpha value is -4.51. The van der Waals surface area contributed by atoms with Crippen LogP contribution in [0.25, 0.3) is 11.6 Å². The number of fused-ring (bicyclic) bond motifs is 1. The maximum atomic E-state index is 13.2. The predicted octanol–water partition coefficient (Wildman–Crippen LogP) is 3.05. The summed E-state index contributed by atoms with van der Waals surface area (Å²) in [6, 6.07) is 13.6. The van der Waals surface area contributed by atoms with Gasteiger partial charge >= 0.3 is 0 Å². The smallest absolute Gasteiger partial charge is 0.280 e. The second kappa shape index (κ2) is 10.8. The number of pyridine rings is 2. The molecule has 36 heavy (non-hydrogen) atoms. The fourth-order valence-electron chi connectivity index (χ4n) is 3.11. The first kappa shape index (κ1) is 26.1. The SMILES string of the molecule is Cl.N#Cc1ccn2ncc(C=CN(N)S(=O)(=O)c3cc([N+](=O)[O-])ccc3OCc3ccccn3)c2c1. The normalized spacial score (nSPS) is 11.1. The number of ether oxygens (including phenoxy) is 1. The number of nitro benzene ring substituents is 1. The third-order valence-corrected chi connectivity index (χ3v) is 6.43. The molecular formula is C22H18ClN7O5S. The van der Waals surface area contributed by atoms with E-state index in [2.05, 4.69) is 10.1 Å². The zero-order valence-electron chi connectivity index (χ0n) is 18.3. The van der Waals surface area contributed by atoms with E-state index in [1.165, 1.54) is 22.9 Å². The van der Waals surface area contributed by atoms with Crippen molar-refractivity contribution in [3.05, 3.63) is 100 Å². The van der Waals surface area contributed by atoms with Crippen molar-refractivity contribution in [2.24, 2.45) is 5.84 Å². The van der Waals surface area contributed by atoms with Gasteiger partial charge in [-0.3, -0.25) is 15.1 Å². The second-order valence-electron chi connectivity index (χ2n) is 7.11. The van der Waals surface area contributed by atoms with Gasteiger partial charge in [-0.25, -0.2) is 14.8 Å². The summed E-state index contributed by atoms with van der Waals surface area (Å²) in [7, 11) is -4.45. The molecule has 2 N–H and O–H groups in total. The van der Waals surface area contributed by atoms with E-state index in [0.717, 1.165) is 18.3 Å². The molecule has 0 fully saturated rings. The van der Waals surface area contributed by atoms with Crippen LogP contribution in [0.3, 0.4) is 0 Å². The van der Waals surface area contributed by atoms with Crippen molar-refractivity contribution < 1.29 is 18.1 Å². The standard InChI is InChI=1S/C22H17N7O5S.ClH/c23-13-16-6-9-27-20(11-16)17(14-26-27)7-10-28(24)35(32,33)22-12-19(29(30)31)4-5-21(22)34-15-18-3-1-2-8-25-18;/h1-12,14H,15,24H2;1H. The Balaban J connectivity index is 0.00000361. The summed E-state index contributed by atoms with van der Waals surface area (Å²) in [5, 5.41) is 24.5. The molecule has 0 saturated carbocycles. The van der Waals surface area contributed by atoms with Gasteiger partial charge in [0.2, 0.25) is 0 Å². The summed E-state index contributed by atoms with van der Waals surface area (Å²) in [4.78, 5) is 14.2. The molecule has 184 valence electrons. The largest absolute Gasteiger partial charge is 0.486 e. The van der Waals surface area contributed by atoms with Gasteiger partial charge in [0.15, 0.2) is 0 Å². The van der Waals surface area contributed by atoms with E-state index in [4.69, 9.17) is 15.8 Å². The lowest BCUT2D eigenvalue weighted by molar-refractivity contribution is -0.385. The van der Waals surface area contributed by atoms with E-state index < -0.39 is 25.5 Å². The predicted molar refractivity (Wildman–Crippen MR) is 131 cm³/mol. The average Bonchev–Trinajstić information content (AvgIpc) is 3.28. The van der Waals surface area contributed by atoms with Crippen LogP contribution < -0.4 is 10.6 Å². The Bertz CT molecular complexity index is 1580. The minimum Gasteiger partial charge on any atom is -0.486 e. The molecule has 0 radical (unpaired) electrons. The van der Waals surface area contributed by atoms with Crippen LogP contribution in [-0.4, -0.2) is 32.4 Å². The van der Waals surface area contributed by atoms with Gasteiger partial charge in [-0.1, -0.05) is 6.07 Å². The van der Waals surface area contributed by atoms with Gasteiger partial charge in [0.05, 0.1) is 34.0 Å². The maximum absolute atomic E-state index is 13.2. The molecule has 0 unspecified atom stereocenters. The summed E-state index contributed by atoms with van der Waals surface area (Å²) in [6.07, 6.45) is 7.09. The monoisotopic (exact) mass is 527 g/mol. The van der Waals surface area contributed by atoms with E-state index >= 15 is 0 Å². The molecule has 0 aliphatic carbocycles. The van der Waals surface area contributed by atoms with Crippen LogP contribution in [0.15, 0.2) is 78.2 Å². The number of nitrogens with zero attached hydrogens (tertiary/aromatic N) is 6. The van der Waals surface area contributed by atoms with Crippen LogP contribution in [-0.2, 0) is 16.6 Å². The first-order chi connectivity index (χ1) is 16.8. The Labute approximate surface area is 211 Å². The summed E-state index contributed by atoms with van der Waals surface area (Å²) in [5.41, 5.74) is 1.54. The highest BCUT2D eigenvalue weighted by Crippen LogP contribution is 2.31. The molecule has 0 aliphatic heterocycles. The number of hydrogen-bond donors (Lipinski definition) is 1. The maximum Gasteiger partial charge on any atom is 0.280 e. The second-order valence-corrected chi connectivity index (χ2v) is 8.92. The van der Waals surface area contributed by atoms with Crippen LogP contribution in [0.4, 0.5) is 5.69 Å². The average molecular weight is 528 g/mol. The Morgan fingerprint density at radius 1 is 1.25 bits per heavy atom. The van der Waals surface area contributed by atoms with Gasteiger partial charge < -0.3 is 4.74 Å². The molecule has 0 spiro atoms. The van der Waals surface area contributed by atoms with Crippen molar-refractivity contribution in [1.29, 1.82) is 5.26 Å². The lowest BCUT2D eigenvalue weighted by Crippen LogP contribution is -2.32. The Morgan fingerprint density at radius 2 is 2.06 bits per heavy atom. The fourth-order valence-corrected chi connectivity index (χ4v) is 4.21. The first-order valence-corrected chi connectivity index (χ1v) is 11.4. The third kappa shape index (κ3) is 5.41. The van der Waals surface area contributed by atoms with Crippen LogP contribution in [0, 0.1) is 21.4 Å². The molecule has 12 nitrogen and oxygen atoms in total. The molecule has 3 heterocycles. The third-order valence-electron chi connectivity index (χ3n) is 4.88. The lowest BCUT2D eigenvalue weighted by Gasteiger charge is -2.17. The van der Waals surface area contributed by atoms with Crippen molar-refractivity contribution in [2.75, 3.05) is 0 Å². The number of sulfonamides is 1. The summed E-state index contributed by atoms with van der Waals surface area (Å²) in [6.45, 7) is -0.0643. The van der Waals surface area contributed by atoms with Crippen LogP contribution >= 0.6 is 12.4 Å². The highest BCUT2D eigenvalue weighted by atomic mass is 35.5. The van der Waals surface area contributed by atoms with Crippen LogP contribution in [0.2, 0.25) is 0 Å². The molecule has 0 atom stereocenters. The number of nitriles is 1. The van der Waals surface area contributed by atoms with Crippen LogP contribution in [0.5, 0.6) is 5.75 Å². The quantitative estimate of drug-likeness (QED) is 0.205. The van der Waals surface area contributed by atoms with E-state index in [-0.39, 0.29) is 24.8 Å². The number of nitro groups is 1. The summed E-state index contributed by atoms with van der Waals surface area (Å²) in [5.74, 6) is 5.72. The molecule has 0 bridgehead atoms. The van der Waals surface area contributed by atoms with Gasteiger partial charge in [0.25, 0.3) is 15.7 Å². The number of aromatic nitrogens is 3. The van der Waals surface area contributed by atoms with Gasteiger partial charge in [-0.15, -0.1) is 12.4 Å². The number of rotatable bonds is 8. The molecule has 3 aromatic heterocycles. The van der Waals surface area contributed by atoms with Gasteiger partial charge in [0.1, 0.15) is 17.3 Å². The van der Waals surface area contributed by atoms with Crippen molar-refractivity contribution >= 4 is 39.7 Å². The number of nitrogens with two attached hydrogens (primary N) is 1. The van der Waals surface area contributed by atoms with Gasteiger partial charge in [0, 0.05) is 36.3 Å². The van der Waals surface area contributed by atoms with E-state index in [9.17, 15) is 18.5 Å². The number of halogens is 1. The highest BCUT2D eigenvalue weighted by Gasteiger charge is 2.27. The zero-order chi connectivity index (χ0) is 25.0. The van der Waals surface area contributed by atoms with E-state index in [0.29, 0.717) is 26.8 Å². The van der Waals surface area contributed by atoms with Crippen molar-refractivity contribution in [1.82, 2.24) is 19.0 Å². The Kier molecular flexibility index (Phi) is 7.85. The topological polar surface area (TPSA) is 170 Å². The van der Waals surface area contributed by atoms with Gasteiger partial charge in [-0.2, -0.15) is 18.8 Å². The molecule has 14 heteroatoms. The van der Waals surface area contributed by atoms with Crippen molar-refractivity contribution in [3.8, 4) is 11.8 Å². The van der Waals surface area contributed by atoms with Crippen LogP contribution in [0.1, 0.15) is 16.8 Å². The minimum absolute atomic E-state index is 0. The highest BCUT2D eigenvalue weighted by molar-refractivity contribution is 7.89. The molecule has 0 aliphatic rings. The zero-order valence-corrected chi connectivity index (χ0v) is 20.0. The Morgan fingerprint density at radius 3 is 2.75 bits per heavy atom. The minimum atomic E-state index is -4.45.